The van der Waals surface area contributed by atoms with E-state index in [0.717, 1.165) is 6.54 Å². The average Bonchev–Trinajstić information content (AvgIpc) is 2.96. The molecular formula is C13H23N3O3. The van der Waals surface area contributed by atoms with Gasteiger partial charge >= 0.3 is 6.03 Å². The molecule has 0 aromatic rings. The molecule has 0 bridgehead atoms. The molecule has 6 heteroatoms. The molecule has 108 valence electrons. The van der Waals surface area contributed by atoms with E-state index in [1.165, 1.54) is 25.7 Å². The van der Waals surface area contributed by atoms with Crippen molar-refractivity contribution < 1.29 is 14.3 Å². The zero-order valence-electron chi connectivity index (χ0n) is 11.3. The number of morpholine rings is 1. The van der Waals surface area contributed by atoms with Crippen LogP contribution in [0, 0.1) is 5.92 Å². The molecule has 0 aromatic heterocycles. The maximum Gasteiger partial charge on any atom is 0.315 e. The molecule has 19 heavy (non-hydrogen) atoms. The Balaban J connectivity index is 1.58. The first-order valence-electron chi connectivity index (χ1n) is 7.13. The Kier molecular flexibility index (Phi) is 5.44. The molecule has 2 rings (SSSR count). The number of carbonyl (C=O) groups excluding carboxylic acids is 2. The van der Waals surface area contributed by atoms with Crippen molar-refractivity contribution in [2.45, 2.75) is 25.7 Å². The number of nitrogens with one attached hydrogen (secondary N) is 2. The molecule has 2 N–H and O–H groups in total. The number of hydrogen-bond donors (Lipinski definition) is 2. The second-order valence-corrected chi connectivity index (χ2v) is 5.21. The summed E-state index contributed by atoms with van der Waals surface area (Å²) >= 11 is 0. The first-order chi connectivity index (χ1) is 9.25. The predicted molar refractivity (Wildman–Crippen MR) is 70.8 cm³/mol. The summed E-state index contributed by atoms with van der Waals surface area (Å²) < 4.78 is 5.18. The Morgan fingerprint density at radius 3 is 2.47 bits per heavy atom. The summed E-state index contributed by atoms with van der Waals surface area (Å²) in [5.74, 6) is 0.569. The van der Waals surface area contributed by atoms with Gasteiger partial charge < -0.3 is 20.3 Å². The summed E-state index contributed by atoms with van der Waals surface area (Å²) in [4.78, 5) is 25.1. The number of nitrogens with zero attached hydrogens (tertiary/aromatic N) is 1. The Morgan fingerprint density at radius 2 is 1.79 bits per heavy atom. The van der Waals surface area contributed by atoms with Crippen molar-refractivity contribution >= 4 is 11.9 Å². The van der Waals surface area contributed by atoms with Gasteiger partial charge in [-0.05, 0) is 18.8 Å². The van der Waals surface area contributed by atoms with E-state index in [9.17, 15) is 9.59 Å². The summed E-state index contributed by atoms with van der Waals surface area (Å²) in [5.41, 5.74) is 0. The van der Waals surface area contributed by atoms with Crippen molar-refractivity contribution in [3.63, 3.8) is 0 Å². The van der Waals surface area contributed by atoms with Crippen molar-refractivity contribution in [1.29, 1.82) is 0 Å². The van der Waals surface area contributed by atoms with Gasteiger partial charge in [-0.25, -0.2) is 4.79 Å². The smallest absolute Gasteiger partial charge is 0.315 e. The highest BCUT2D eigenvalue weighted by Gasteiger charge is 2.18. The van der Waals surface area contributed by atoms with E-state index in [-0.39, 0.29) is 18.5 Å². The molecule has 0 radical (unpaired) electrons. The van der Waals surface area contributed by atoms with Gasteiger partial charge in [0.25, 0.3) is 0 Å². The SMILES string of the molecule is O=C(NCC(=O)N1CCOCC1)NCC1CCCC1. The topological polar surface area (TPSA) is 70.7 Å². The van der Waals surface area contributed by atoms with E-state index in [4.69, 9.17) is 4.74 Å². The van der Waals surface area contributed by atoms with Crippen LogP contribution in [-0.2, 0) is 9.53 Å². The fraction of sp³-hybridized carbons (Fsp3) is 0.846. The largest absolute Gasteiger partial charge is 0.378 e. The molecule has 6 nitrogen and oxygen atoms in total. The van der Waals surface area contributed by atoms with Crippen LogP contribution >= 0.6 is 0 Å². The zero-order valence-corrected chi connectivity index (χ0v) is 11.3. The van der Waals surface area contributed by atoms with Crippen LogP contribution in [0.4, 0.5) is 4.79 Å². The van der Waals surface area contributed by atoms with Crippen molar-refractivity contribution in [2.75, 3.05) is 39.4 Å². The minimum absolute atomic E-state index is 0.0423. The molecule has 0 unspecified atom stereocenters. The standard InChI is InChI=1S/C13H23N3O3/c17-12(16-5-7-19-8-6-16)10-15-13(18)14-9-11-3-1-2-4-11/h11H,1-10H2,(H2,14,15,18). The second-order valence-electron chi connectivity index (χ2n) is 5.21. The van der Waals surface area contributed by atoms with Gasteiger partial charge in [0.2, 0.25) is 5.91 Å². The number of hydrogen-bond acceptors (Lipinski definition) is 3. The Labute approximate surface area is 113 Å². The highest BCUT2D eigenvalue weighted by atomic mass is 16.5. The van der Waals surface area contributed by atoms with E-state index in [1.54, 1.807) is 4.90 Å². The summed E-state index contributed by atoms with van der Waals surface area (Å²) in [5, 5.41) is 5.46. The minimum Gasteiger partial charge on any atom is -0.378 e. The van der Waals surface area contributed by atoms with Crippen molar-refractivity contribution in [2.24, 2.45) is 5.92 Å². The molecule has 0 atom stereocenters. The average molecular weight is 269 g/mol. The van der Waals surface area contributed by atoms with Gasteiger partial charge in [-0.1, -0.05) is 12.8 Å². The number of carbonyl (C=O) groups is 2. The van der Waals surface area contributed by atoms with Crippen LogP contribution in [0.15, 0.2) is 0 Å². The third kappa shape index (κ3) is 4.70. The molecule has 0 spiro atoms. The van der Waals surface area contributed by atoms with Gasteiger partial charge in [0.15, 0.2) is 0 Å². The highest BCUT2D eigenvalue weighted by Crippen LogP contribution is 2.23. The molecule has 3 amide bonds. The number of rotatable bonds is 4. The highest BCUT2D eigenvalue weighted by molar-refractivity contribution is 5.84. The maximum absolute atomic E-state index is 11.8. The van der Waals surface area contributed by atoms with Gasteiger partial charge in [-0.3, -0.25) is 4.79 Å². The van der Waals surface area contributed by atoms with Crippen LogP contribution in [0.5, 0.6) is 0 Å². The van der Waals surface area contributed by atoms with Gasteiger partial charge in [0.1, 0.15) is 0 Å². The van der Waals surface area contributed by atoms with E-state index < -0.39 is 0 Å². The normalized spacial score (nSPS) is 20.3. The van der Waals surface area contributed by atoms with Crippen LogP contribution in [0.25, 0.3) is 0 Å². The summed E-state index contributed by atoms with van der Waals surface area (Å²) in [6.07, 6.45) is 4.94. The van der Waals surface area contributed by atoms with Crippen molar-refractivity contribution in [1.82, 2.24) is 15.5 Å². The lowest BCUT2D eigenvalue weighted by atomic mass is 10.1. The Hall–Kier alpha value is -1.30. The fourth-order valence-electron chi connectivity index (χ4n) is 2.59. The fourth-order valence-corrected chi connectivity index (χ4v) is 2.59. The van der Waals surface area contributed by atoms with E-state index >= 15 is 0 Å². The number of ether oxygens (including phenoxy) is 1. The van der Waals surface area contributed by atoms with Crippen LogP contribution in [0.1, 0.15) is 25.7 Å². The predicted octanol–water partition coefficient (Wildman–Crippen LogP) is 0.335. The van der Waals surface area contributed by atoms with E-state index in [0.29, 0.717) is 32.2 Å². The molecule has 2 aliphatic rings. The Morgan fingerprint density at radius 1 is 1.11 bits per heavy atom. The molecule has 1 aliphatic carbocycles. The van der Waals surface area contributed by atoms with Gasteiger partial charge in [-0.2, -0.15) is 0 Å². The van der Waals surface area contributed by atoms with Crippen LogP contribution in [0.2, 0.25) is 0 Å². The van der Waals surface area contributed by atoms with Gasteiger partial charge in [0.05, 0.1) is 19.8 Å². The molecule has 1 heterocycles. The van der Waals surface area contributed by atoms with Crippen molar-refractivity contribution in [3.8, 4) is 0 Å². The molecule has 2 fully saturated rings. The van der Waals surface area contributed by atoms with Crippen molar-refractivity contribution in [3.05, 3.63) is 0 Å². The third-order valence-electron chi connectivity index (χ3n) is 3.79. The molecule has 1 saturated carbocycles. The van der Waals surface area contributed by atoms with Crippen LogP contribution in [-0.4, -0.2) is 56.2 Å². The van der Waals surface area contributed by atoms with Gasteiger partial charge in [0, 0.05) is 19.6 Å². The molecular weight excluding hydrogens is 246 g/mol. The third-order valence-corrected chi connectivity index (χ3v) is 3.79. The van der Waals surface area contributed by atoms with Crippen LogP contribution < -0.4 is 10.6 Å². The monoisotopic (exact) mass is 269 g/mol. The number of urea groups is 1. The van der Waals surface area contributed by atoms with Crippen LogP contribution in [0.3, 0.4) is 0 Å². The van der Waals surface area contributed by atoms with E-state index in [1.807, 2.05) is 0 Å². The molecule has 0 aromatic carbocycles. The van der Waals surface area contributed by atoms with Gasteiger partial charge in [-0.15, -0.1) is 0 Å². The zero-order chi connectivity index (χ0) is 13.5. The summed E-state index contributed by atoms with van der Waals surface area (Å²) in [6.45, 7) is 3.18. The summed E-state index contributed by atoms with van der Waals surface area (Å²) in [7, 11) is 0. The second kappa shape index (κ2) is 7.33. The lowest BCUT2D eigenvalue weighted by Crippen LogP contribution is -2.47. The lowest BCUT2D eigenvalue weighted by molar-refractivity contribution is -0.134. The quantitative estimate of drug-likeness (QED) is 0.773. The molecule has 1 saturated heterocycles. The Bertz CT molecular complexity index is 310. The first kappa shape index (κ1) is 14.1. The minimum atomic E-state index is -0.242. The van der Waals surface area contributed by atoms with E-state index in [2.05, 4.69) is 10.6 Å². The number of amides is 3. The molecule has 1 aliphatic heterocycles. The summed E-state index contributed by atoms with van der Waals surface area (Å²) in [6, 6.07) is -0.242. The first-order valence-corrected chi connectivity index (χ1v) is 7.13. The lowest BCUT2D eigenvalue weighted by Gasteiger charge is -2.26. The maximum atomic E-state index is 11.8.